The molecule has 0 N–H and O–H groups in total. The molecule has 2 unspecified atom stereocenters. The summed E-state index contributed by atoms with van der Waals surface area (Å²) in [6.45, 7) is 3.23. The molecule has 1 saturated heterocycles. The zero-order valence-corrected chi connectivity index (χ0v) is 9.30. The van der Waals surface area contributed by atoms with Crippen molar-refractivity contribution in [2.45, 2.75) is 43.5 Å². The van der Waals surface area contributed by atoms with Gasteiger partial charge >= 0.3 is 0 Å². The molecule has 1 aliphatic heterocycles. The standard InChI is InChI=1S/C8H18OSSi/c1-2-8(10)7-11-6-4-3-5-9-11/h8,10-11H,2-7H2,1H3. The number of hydrogen-bond acceptors (Lipinski definition) is 2. The average Bonchev–Trinajstić information content (AvgIpc) is 2.06. The van der Waals surface area contributed by atoms with E-state index in [4.69, 9.17) is 4.43 Å². The van der Waals surface area contributed by atoms with Crippen molar-refractivity contribution in [3.63, 3.8) is 0 Å². The van der Waals surface area contributed by atoms with Gasteiger partial charge in [0.15, 0.2) is 9.04 Å². The first kappa shape index (κ1) is 9.61. The van der Waals surface area contributed by atoms with Crippen LogP contribution in [-0.2, 0) is 4.43 Å². The van der Waals surface area contributed by atoms with Crippen molar-refractivity contribution in [3.05, 3.63) is 0 Å². The first-order valence-corrected chi connectivity index (χ1v) is 7.24. The van der Waals surface area contributed by atoms with Crippen LogP contribution in [0.2, 0.25) is 12.1 Å². The van der Waals surface area contributed by atoms with Crippen LogP contribution in [0.5, 0.6) is 0 Å². The Morgan fingerprint density at radius 1 is 1.55 bits per heavy atom. The van der Waals surface area contributed by atoms with Crippen molar-refractivity contribution in [2.75, 3.05) is 6.61 Å². The number of rotatable bonds is 3. The quantitative estimate of drug-likeness (QED) is 0.530. The highest BCUT2D eigenvalue weighted by Gasteiger charge is 2.18. The summed E-state index contributed by atoms with van der Waals surface area (Å²) < 4.78 is 5.74. The third-order valence-electron chi connectivity index (χ3n) is 2.28. The molecule has 0 aromatic heterocycles. The fourth-order valence-corrected chi connectivity index (χ4v) is 4.89. The summed E-state index contributed by atoms with van der Waals surface area (Å²) in [7, 11) is -0.778. The molecular formula is C8H18OSSi. The van der Waals surface area contributed by atoms with E-state index in [0.29, 0.717) is 5.25 Å². The van der Waals surface area contributed by atoms with Crippen molar-refractivity contribution in [1.82, 2.24) is 0 Å². The van der Waals surface area contributed by atoms with Crippen LogP contribution in [-0.4, -0.2) is 20.9 Å². The zero-order chi connectivity index (χ0) is 8.10. The Balaban J connectivity index is 2.13. The van der Waals surface area contributed by atoms with Crippen molar-refractivity contribution < 1.29 is 4.43 Å². The van der Waals surface area contributed by atoms with Crippen LogP contribution in [0.4, 0.5) is 0 Å². The molecule has 66 valence electrons. The predicted octanol–water partition coefficient (Wildman–Crippen LogP) is 2.23. The van der Waals surface area contributed by atoms with Gasteiger partial charge in [-0.25, -0.2) is 0 Å². The van der Waals surface area contributed by atoms with E-state index >= 15 is 0 Å². The summed E-state index contributed by atoms with van der Waals surface area (Å²) in [5, 5.41) is 0.602. The maximum Gasteiger partial charge on any atom is 0.178 e. The van der Waals surface area contributed by atoms with E-state index in [1.165, 1.54) is 31.4 Å². The maximum absolute atomic E-state index is 5.74. The van der Waals surface area contributed by atoms with Gasteiger partial charge in [0.05, 0.1) is 0 Å². The van der Waals surface area contributed by atoms with Gasteiger partial charge in [0.25, 0.3) is 0 Å². The fraction of sp³-hybridized carbons (Fsp3) is 1.00. The first-order chi connectivity index (χ1) is 5.33. The van der Waals surface area contributed by atoms with Gasteiger partial charge in [0.1, 0.15) is 0 Å². The third-order valence-corrected chi connectivity index (χ3v) is 6.11. The van der Waals surface area contributed by atoms with Gasteiger partial charge in [0.2, 0.25) is 0 Å². The molecule has 0 amide bonds. The smallest absolute Gasteiger partial charge is 0.178 e. The Morgan fingerprint density at radius 3 is 2.91 bits per heavy atom. The topological polar surface area (TPSA) is 9.23 Å². The highest BCUT2D eigenvalue weighted by molar-refractivity contribution is 7.81. The second-order valence-corrected chi connectivity index (χ2v) is 6.64. The van der Waals surface area contributed by atoms with Gasteiger partial charge in [-0.05, 0) is 24.9 Å². The number of thiol groups is 1. The Labute approximate surface area is 76.7 Å². The third kappa shape index (κ3) is 3.63. The molecule has 3 heteroatoms. The summed E-state index contributed by atoms with van der Waals surface area (Å²) in [5.41, 5.74) is 0. The van der Waals surface area contributed by atoms with Crippen LogP contribution in [0.3, 0.4) is 0 Å². The Bertz CT molecular complexity index is 104. The summed E-state index contributed by atoms with van der Waals surface area (Å²) in [6, 6.07) is 2.66. The highest BCUT2D eigenvalue weighted by atomic mass is 32.1. The highest BCUT2D eigenvalue weighted by Crippen LogP contribution is 2.19. The lowest BCUT2D eigenvalue weighted by molar-refractivity contribution is 0.286. The Hall–Kier alpha value is 0.527. The lowest BCUT2D eigenvalue weighted by Gasteiger charge is -2.22. The molecule has 1 rings (SSSR count). The van der Waals surface area contributed by atoms with Gasteiger partial charge in [-0.1, -0.05) is 13.3 Å². The van der Waals surface area contributed by atoms with E-state index in [2.05, 4.69) is 19.6 Å². The minimum atomic E-state index is -0.778. The van der Waals surface area contributed by atoms with E-state index in [-0.39, 0.29) is 0 Å². The zero-order valence-electron chi connectivity index (χ0n) is 7.25. The molecule has 1 nitrogen and oxygen atoms in total. The van der Waals surface area contributed by atoms with E-state index < -0.39 is 9.04 Å². The molecule has 0 spiro atoms. The molecule has 1 aliphatic rings. The van der Waals surface area contributed by atoms with Crippen molar-refractivity contribution in [3.8, 4) is 0 Å². The van der Waals surface area contributed by atoms with Crippen LogP contribution in [0.1, 0.15) is 26.2 Å². The van der Waals surface area contributed by atoms with E-state index in [0.717, 1.165) is 6.61 Å². The molecular weight excluding hydrogens is 172 g/mol. The largest absolute Gasteiger partial charge is 0.420 e. The number of hydrogen-bond donors (Lipinski definition) is 1. The second kappa shape index (κ2) is 5.22. The summed E-state index contributed by atoms with van der Waals surface area (Å²) >= 11 is 4.49. The minimum absolute atomic E-state index is 0.602. The van der Waals surface area contributed by atoms with Crippen LogP contribution in [0.15, 0.2) is 0 Å². The lowest BCUT2D eigenvalue weighted by Crippen LogP contribution is -2.25. The van der Waals surface area contributed by atoms with Gasteiger partial charge in [-0.15, -0.1) is 0 Å². The van der Waals surface area contributed by atoms with Crippen LogP contribution in [0.25, 0.3) is 0 Å². The maximum atomic E-state index is 5.74. The molecule has 2 atom stereocenters. The second-order valence-electron chi connectivity index (χ2n) is 3.29. The molecule has 0 bridgehead atoms. The van der Waals surface area contributed by atoms with E-state index in [1.54, 1.807) is 0 Å². The molecule has 1 heterocycles. The molecule has 0 aliphatic carbocycles. The molecule has 0 aromatic carbocycles. The van der Waals surface area contributed by atoms with Crippen molar-refractivity contribution >= 4 is 21.7 Å². The van der Waals surface area contributed by atoms with Gasteiger partial charge in [-0.3, -0.25) is 0 Å². The van der Waals surface area contributed by atoms with Crippen LogP contribution < -0.4 is 0 Å². The van der Waals surface area contributed by atoms with E-state index in [1.807, 2.05) is 0 Å². The predicted molar refractivity (Wildman–Crippen MR) is 55.0 cm³/mol. The SMILES string of the molecule is CCC(S)C[SiH]1CCCCO1. The lowest BCUT2D eigenvalue weighted by atomic mass is 10.4. The normalized spacial score (nSPS) is 28.4. The molecule has 1 fully saturated rings. The molecule has 0 saturated carbocycles. The summed E-state index contributed by atoms with van der Waals surface area (Å²) in [6.07, 6.45) is 3.88. The van der Waals surface area contributed by atoms with Gasteiger partial charge < -0.3 is 4.43 Å². The fourth-order valence-electron chi connectivity index (χ4n) is 1.46. The Kier molecular flexibility index (Phi) is 4.56. The molecule has 0 aromatic rings. The van der Waals surface area contributed by atoms with Gasteiger partial charge in [-0.2, -0.15) is 12.6 Å². The van der Waals surface area contributed by atoms with Gasteiger partial charge in [0, 0.05) is 11.9 Å². The summed E-state index contributed by atoms with van der Waals surface area (Å²) in [5.74, 6) is 0. The van der Waals surface area contributed by atoms with Crippen molar-refractivity contribution in [2.24, 2.45) is 0 Å². The average molecular weight is 190 g/mol. The monoisotopic (exact) mass is 190 g/mol. The van der Waals surface area contributed by atoms with Crippen molar-refractivity contribution in [1.29, 1.82) is 0 Å². The van der Waals surface area contributed by atoms with E-state index in [9.17, 15) is 0 Å². The summed E-state index contributed by atoms with van der Waals surface area (Å²) in [4.78, 5) is 0. The molecule has 0 radical (unpaired) electrons. The molecule has 11 heavy (non-hydrogen) atoms. The van der Waals surface area contributed by atoms with Crippen LogP contribution >= 0.6 is 12.6 Å². The first-order valence-electron chi connectivity index (χ1n) is 4.62. The minimum Gasteiger partial charge on any atom is -0.420 e. The Morgan fingerprint density at radius 2 is 2.36 bits per heavy atom. The van der Waals surface area contributed by atoms with Crippen LogP contribution in [0, 0.1) is 0 Å².